The molecule has 1 unspecified atom stereocenters. The average molecular weight is 446 g/mol. The first-order valence-electron chi connectivity index (χ1n) is 10.1. The molecule has 30 heavy (non-hydrogen) atoms. The quantitative estimate of drug-likeness (QED) is 0.665. The molecule has 0 radical (unpaired) electrons. The minimum absolute atomic E-state index is 0.0880. The van der Waals surface area contributed by atoms with Crippen molar-refractivity contribution in [1.29, 1.82) is 0 Å². The van der Waals surface area contributed by atoms with Crippen molar-refractivity contribution in [2.24, 2.45) is 5.41 Å². The molecule has 9 heteroatoms. The van der Waals surface area contributed by atoms with Gasteiger partial charge in [0.1, 0.15) is 6.04 Å². The van der Waals surface area contributed by atoms with Crippen LogP contribution in [0.5, 0.6) is 0 Å². The molecule has 1 aromatic carbocycles. The molecule has 1 aromatic rings. The number of hydrogen-bond acceptors (Lipinski definition) is 3. The second-order valence-corrected chi connectivity index (χ2v) is 8.80. The summed E-state index contributed by atoms with van der Waals surface area (Å²) in [6.45, 7) is 5.80. The first-order chi connectivity index (χ1) is 14.0. The summed E-state index contributed by atoms with van der Waals surface area (Å²) >= 11 is 5.94. The number of likely N-dealkylation sites (tertiary alicyclic amines) is 1. The summed E-state index contributed by atoms with van der Waals surface area (Å²) < 4.78 is 38.9. The van der Waals surface area contributed by atoms with Gasteiger partial charge in [-0.2, -0.15) is 13.2 Å². The maximum atomic E-state index is 13.1. The number of carbonyl (C=O) groups excluding carboxylic acids is 2. The zero-order valence-electron chi connectivity index (χ0n) is 17.2. The molecule has 0 saturated carbocycles. The zero-order valence-corrected chi connectivity index (χ0v) is 18.0. The van der Waals surface area contributed by atoms with Crippen molar-refractivity contribution in [1.82, 2.24) is 9.80 Å². The van der Waals surface area contributed by atoms with Gasteiger partial charge in [0, 0.05) is 44.3 Å². The van der Waals surface area contributed by atoms with E-state index in [0.29, 0.717) is 44.8 Å². The molecular formula is C21H27ClF3N3O2. The topological polar surface area (TPSA) is 43.9 Å². The van der Waals surface area contributed by atoms with Gasteiger partial charge < -0.3 is 14.7 Å². The monoisotopic (exact) mass is 445 g/mol. The zero-order chi connectivity index (χ0) is 22.1. The predicted molar refractivity (Wildman–Crippen MR) is 109 cm³/mol. The van der Waals surface area contributed by atoms with Crippen molar-refractivity contribution in [3.63, 3.8) is 0 Å². The lowest BCUT2D eigenvalue weighted by Gasteiger charge is -2.39. The molecule has 1 atom stereocenters. The summed E-state index contributed by atoms with van der Waals surface area (Å²) in [5.74, 6) is -0.0234. The molecule has 2 fully saturated rings. The highest BCUT2D eigenvalue weighted by Gasteiger charge is 2.42. The maximum Gasteiger partial charge on any atom is 0.416 e. The fraction of sp³-hybridized carbons (Fsp3) is 0.619. The van der Waals surface area contributed by atoms with Crippen LogP contribution in [-0.2, 0) is 15.8 Å². The number of halogens is 4. The molecule has 2 saturated heterocycles. The summed E-state index contributed by atoms with van der Waals surface area (Å²) in [5.41, 5.74) is -0.911. The van der Waals surface area contributed by atoms with Gasteiger partial charge >= 0.3 is 6.18 Å². The van der Waals surface area contributed by atoms with Gasteiger partial charge in [0.25, 0.3) is 0 Å². The fourth-order valence-electron chi connectivity index (χ4n) is 3.99. The molecule has 166 valence electrons. The van der Waals surface area contributed by atoms with E-state index in [-0.39, 0.29) is 17.7 Å². The molecule has 0 bridgehead atoms. The van der Waals surface area contributed by atoms with E-state index < -0.39 is 23.2 Å². The molecule has 0 aliphatic carbocycles. The number of anilines is 1. The minimum atomic E-state index is -4.39. The molecule has 5 nitrogen and oxygen atoms in total. The standard InChI is InChI=1S/C21H27ClF3N3O2/c1-20(2,14-22)19(30)28-8-4-7-17(28)18(29)27-11-9-26(10-12-27)16-6-3-5-15(13-16)21(23,24)25/h3,5-6,13,17H,4,7-12,14H2,1-2H3. The van der Waals surface area contributed by atoms with Gasteiger partial charge in [-0.1, -0.05) is 6.07 Å². The van der Waals surface area contributed by atoms with Crippen LogP contribution in [0.3, 0.4) is 0 Å². The average Bonchev–Trinajstić information content (AvgIpc) is 3.22. The SMILES string of the molecule is CC(C)(CCl)C(=O)N1CCCC1C(=O)N1CCN(c2cccc(C(F)(F)F)c2)CC1. The summed E-state index contributed by atoms with van der Waals surface area (Å²) in [5, 5.41) is 0. The van der Waals surface area contributed by atoms with Crippen LogP contribution in [-0.4, -0.2) is 66.3 Å². The van der Waals surface area contributed by atoms with Gasteiger partial charge in [0.2, 0.25) is 11.8 Å². The normalized spacial score (nSPS) is 20.6. The Morgan fingerprint density at radius 3 is 2.37 bits per heavy atom. The fourth-order valence-corrected chi connectivity index (χ4v) is 4.10. The van der Waals surface area contributed by atoms with Crippen molar-refractivity contribution in [2.45, 2.75) is 38.9 Å². The first kappa shape index (κ1) is 22.7. The predicted octanol–water partition coefficient (Wildman–Crippen LogP) is 3.61. The third-order valence-electron chi connectivity index (χ3n) is 5.84. The molecule has 3 rings (SSSR count). The molecule has 0 spiro atoms. The Morgan fingerprint density at radius 1 is 1.10 bits per heavy atom. The van der Waals surface area contributed by atoms with E-state index in [9.17, 15) is 22.8 Å². The number of amides is 2. The highest BCUT2D eigenvalue weighted by atomic mass is 35.5. The number of benzene rings is 1. The largest absolute Gasteiger partial charge is 0.416 e. The number of nitrogens with zero attached hydrogens (tertiary/aromatic N) is 3. The third kappa shape index (κ3) is 4.68. The highest BCUT2D eigenvalue weighted by Crippen LogP contribution is 2.32. The molecule has 2 amide bonds. The van der Waals surface area contributed by atoms with E-state index in [2.05, 4.69) is 0 Å². The highest BCUT2D eigenvalue weighted by molar-refractivity contribution is 6.19. The van der Waals surface area contributed by atoms with Crippen LogP contribution in [0, 0.1) is 5.41 Å². The molecule has 2 aliphatic rings. The first-order valence-corrected chi connectivity index (χ1v) is 10.7. The van der Waals surface area contributed by atoms with Crippen molar-refractivity contribution in [2.75, 3.05) is 43.5 Å². The van der Waals surface area contributed by atoms with Crippen LogP contribution in [0.25, 0.3) is 0 Å². The van der Waals surface area contributed by atoms with Crippen LogP contribution >= 0.6 is 11.6 Å². The number of carbonyl (C=O) groups is 2. The smallest absolute Gasteiger partial charge is 0.368 e. The van der Waals surface area contributed by atoms with E-state index in [0.717, 1.165) is 18.6 Å². The molecule has 0 aromatic heterocycles. The van der Waals surface area contributed by atoms with E-state index in [1.54, 1.807) is 29.7 Å². The van der Waals surface area contributed by atoms with Gasteiger partial charge in [0.15, 0.2) is 0 Å². The number of hydrogen-bond donors (Lipinski definition) is 0. The summed E-state index contributed by atoms with van der Waals surface area (Å²) in [6.07, 6.45) is -3.00. The second kappa shape index (κ2) is 8.65. The van der Waals surface area contributed by atoms with Crippen LogP contribution in [0.4, 0.5) is 18.9 Å². The number of piperazine rings is 1. The van der Waals surface area contributed by atoms with E-state index in [1.807, 2.05) is 4.90 Å². The Morgan fingerprint density at radius 2 is 1.77 bits per heavy atom. The molecule has 2 aliphatic heterocycles. The molecular weight excluding hydrogens is 419 g/mol. The Hall–Kier alpha value is -1.96. The van der Waals surface area contributed by atoms with Crippen molar-refractivity contribution < 1.29 is 22.8 Å². The Balaban J connectivity index is 1.64. The van der Waals surface area contributed by atoms with Crippen LogP contribution in [0.1, 0.15) is 32.3 Å². The Bertz CT molecular complexity index is 792. The second-order valence-electron chi connectivity index (χ2n) is 8.53. The van der Waals surface area contributed by atoms with Gasteiger partial charge in [0.05, 0.1) is 11.0 Å². The van der Waals surface area contributed by atoms with Gasteiger partial charge in [-0.15, -0.1) is 11.6 Å². The van der Waals surface area contributed by atoms with Gasteiger partial charge in [-0.3, -0.25) is 9.59 Å². The minimum Gasteiger partial charge on any atom is -0.368 e. The van der Waals surface area contributed by atoms with Crippen LogP contribution in [0.2, 0.25) is 0 Å². The summed E-state index contributed by atoms with van der Waals surface area (Å²) in [6, 6.07) is 4.76. The lowest BCUT2D eigenvalue weighted by molar-refractivity contribution is -0.148. The van der Waals surface area contributed by atoms with Crippen molar-refractivity contribution in [3.8, 4) is 0 Å². The van der Waals surface area contributed by atoms with Crippen LogP contribution < -0.4 is 4.90 Å². The van der Waals surface area contributed by atoms with Crippen molar-refractivity contribution in [3.05, 3.63) is 29.8 Å². The van der Waals surface area contributed by atoms with Crippen LogP contribution in [0.15, 0.2) is 24.3 Å². The Labute approximate surface area is 179 Å². The summed E-state index contributed by atoms with van der Waals surface area (Å²) in [7, 11) is 0. The third-order valence-corrected chi connectivity index (χ3v) is 6.51. The van der Waals surface area contributed by atoms with Gasteiger partial charge in [-0.05, 0) is 44.9 Å². The number of rotatable bonds is 4. The van der Waals surface area contributed by atoms with E-state index >= 15 is 0 Å². The Kier molecular flexibility index (Phi) is 6.55. The lowest BCUT2D eigenvalue weighted by atomic mass is 9.94. The molecule has 2 heterocycles. The molecule has 0 N–H and O–H groups in total. The summed E-state index contributed by atoms with van der Waals surface area (Å²) in [4.78, 5) is 31.1. The lowest BCUT2D eigenvalue weighted by Crippen LogP contribution is -2.56. The van der Waals surface area contributed by atoms with E-state index in [1.165, 1.54) is 6.07 Å². The maximum absolute atomic E-state index is 13.1. The number of alkyl halides is 4. The van der Waals surface area contributed by atoms with Gasteiger partial charge in [-0.25, -0.2) is 0 Å². The van der Waals surface area contributed by atoms with Crippen molar-refractivity contribution >= 4 is 29.1 Å². The van der Waals surface area contributed by atoms with E-state index in [4.69, 9.17) is 11.6 Å².